The number of hydrogen-bond acceptors (Lipinski definition) is 1. The zero-order chi connectivity index (χ0) is 9.91. The molecule has 0 saturated carbocycles. The number of hydrogen-bond donors (Lipinski definition) is 0. The molecule has 0 unspecified atom stereocenters. The normalized spacial score (nSPS) is 8.67. The molecule has 0 aliphatic heterocycles. The van der Waals surface area contributed by atoms with Crippen LogP contribution in [0.1, 0.15) is 0 Å². The first-order chi connectivity index (χ1) is 5.06. The van der Waals surface area contributed by atoms with Crippen LogP contribution >= 0.6 is 0 Å². The van der Waals surface area contributed by atoms with Crippen LogP contribution in [-0.2, 0) is 25.2 Å². The molecule has 0 spiro atoms. The van der Waals surface area contributed by atoms with Gasteiger partial charge in [-0.05, 0) is 19.6 Å². The maximum atomic E-state index is 5.51. The van der Waals surface area contributed by atoms with Crippen LogP contribution in [0.25, 0.3) is 0 Å². The molecule has 0 radical (unpaired) electrons. The van der Waals surface area contributed by atoms with E-state index in [1.165, 1.54) is 0 Å². The molecule has 0 aromatic heterocycles. The molecule has 0 bridgehead atoms. The van der Waals surface area contributed by atoms with Crippen molar-refractivity contribution in [1.29, 1.82) is 0 Å². The van der Waals surface area contributed by atoms with Crippen molar-refractivity contribution in [3.05, 3.63) is 26.3 Å². The van der Waals surface area contributed by atoms with Crippen molar-refractivity contribution in [3.8, 4) is 0 Å². The summed E-state index contributed by atoms with van der Waals surface area (Å²) in [5.41, 5.74) is 0. The largest absolute Gasteiger partial charge is 0.461 e. The fraction of sp³-hybridized carbons (Fsp3) is 0.500. The first-order valence-corrected chi connectivity index (χ1v) is 9.10. The average Bonchev–Trinajstić information content (AvgIpc) is 1.94. The second-order valence-electron chi connectivity index (χ2n) is 2.55. The van der Waals surface area contributed by atoms with Gasteiger partial charge in [0.1, 0.15) is 9.76 Å². The van der Waals surface area contributed by atoms with E-state index in [1.54, 1.807) is 0 Å². The summed E-state index contributed by atoms with van der Waals surface area (Å²) in [6, 6.07) is 0. The monoisotopic (exact) mass is 385 g/mol. The average molecular weight is 386 g/mol. The molecule has 0 saturated heterocycles. The van der Waals surface area contributed by atoms with Crippen molar-refractivity contribution in [2.75, 3.05) is 0 Å². The van der Waals surface area contributed by atoms with Crippen molar-refractivity contribution >= 4 is 18.1 Å². The summed E-state index contributed by atoms with van der Waals surface area (Å²) < 4.78 is 5.51. The molecule has 78 valence electrons. The van der Waals surface area contributed by atoms with Crippen LogP contribution in [-0.4, -0.2) is 18.1 Å². The van der Waals surface area contributed by atoms with E-state index in [0.29, 0.717) is 0 Å². The Morgan fingerprint density at radius 1 is 1.00 bits per heavy atom. The van der Waals surface area contributed by atoms with Gasteiger partial charge in [-0.2, -0.15) is 0 Å². The van der Waals surface area contributed by atoms with Crippen molar-refractivity contribution in [2.24, 2.45) is 0 Å². The summed E-state index contributed by atoms with van der Waals surface area (Å²) in [5.74, 6) is 0. The smallest absolute Gasteiger partial charge is 0.169 e. The maximum Gasteiger partial charge on any atom is 0.169 e. The molecule has 0 N–H and O–H groups in total. The zero-order valence-electron chi connectivity index (χ0n) is 8.76. The fourth-order valence-electron chi connectivity index (χ4n) is 0.433. The predicted molar refractivity (Wildman–Crippen MR) is 61.3 cm³/mol. The van der Waals surface area contributed by atoms with Gasteiger partial charge in [0.15, 0.2) is 8.32 Å². The Labute approximate surface area is 95.6 Å². The van der Waals surface area contributed by atoms with E-state index in [0.717, 1.165) is 0 Å². The third-order valence-corrected chi connectivity index (χ3v) is 5.20. The minimum atomic E-state index is -1.10. The quantitative estimate of drug-likeness (QED) is 0.524. The van der Waals surface area contributed by atoms with Gasteiger partial charge in [0, 0.05) is 21.1 Å². The molecule has 0 atom stereocenters. The Kier molecular flexibility index (Phi) is 33.6. The van der Waals surface area contributed by atoms with E-state index >= 15 is 0 Å². The molecule has 0 aromatic rings. The van der Waals surface area contributed by atoms with Gasteiger partial charge >= 0.3 is 0 Å². The summed E-state index contributed by atoms with van der Waals surface area (Å²) in [6.45, 7) is 20.9. The molecule has 0 aliphatic rings. The van der Waals surface area contributed by atoms with E-state index in [9.17, 15) is 0 Å². The summed E-state index contributed by atoms with van der Waals surface area (Å²) in [7, 11) is -1.22. The second kappa shape index (κ2) is 17.6. The molecule has 0 amide bonds. The van der Waals surface area contributed by atoms with E-state index in [4.69, 9.17) is 4.12 Å². The Balaban J connectivity index is -0.0000000560. The van der Waals surface area contributed by atoms with E-state index in [-0.39, 0.29) is 30.8 Å². The summed E-state index contributed by atoms with van der Waals surface area (Å²) in [5, 5.41) is 0. The zero-order valence-corrected chi connectivity index (χ0v) is 13.4. The molecule has 4 heteroatoms. The van der Waals surface area contributed by atoms with Crippen LogP contribution in [0.3, 0.4) is 0 Å². The Bertz CT molecular complexity index is 71.9. The molecule has 1 nitrogen and oxygen atoms in total. The summed E-state index contributed by atoms with van der Waals surface area (Å²) >= 11 is 0. The SMILES string of the molecule is C=C.C=C.C[SiH2]O[Si](C)(C)C.[Pt]. The van der Waals surface area contributed by atoms with Crippen LogP contribution in [0.2, 0.25) is 26.2 Å². The molecule has 0 heterocycles. The predicted octanol–water partition coefficient (Wildman–Crippen LogP) is 2.57. The Hall–Kier alpha value is 0.562. The van der Waals surface area contributed by atoms with Crippen molar-refractivity contribution in [1.82, 2.24) is 0 Å². The third-order valence-electron chi connectivity index (χ3n) is 0.577. The van der Waals surface area contributed by atoms with E-state index in [1.807, 2.05) is 0 Å². The maximum absolute atomic E-state index is 5.51. The van der Waals surface area contributed by atoms with Gasteiger partial charge in [0.2, 0.25) is 0 Å². The summed E-state index contributed by atoms with van der Waals surface area (Å²) in [4.78, 5) is 0. The molecular formula is C8H22OPtSi2. The molecule has 0 fully saturated rings. The van der Waals surface area contributed by atoms with Gasteiger partial charge in [-0.25, -0.2) is 0 Å². The van der Waals surface area contributed by atoms with Gasteiger partial charge in [-0.1, -0.05) is 6.55 Å². The van der Waals surface area contributed by atoms with Crippen LogP contribution < -0.4 is 0 Å². The van der Waals surface area contributed by atoms with E-state index < -0.39 is 8.32 Å². The molecule has 0 rings (SSSR count). The standard InChI is InChI=1S/C4H14OSi2.2C2H4.Pt/c1-6-5-7(2,3)4;2*1-2;/h6H2,1-4H3;2*1-2H2;. The second-order valence-corrected chi connectivity index (χ2v) is 8.50. The van der Waals surface area contributed by atoms with Gasteiger partial charge < -0.3 is 4.12 Å². The molecular weight excluding hydrogens is 363 g/mol. The van der Waals surface area contributed by atoms with Gasteiger partial charge in [-0.15, -0.1) is 26.3 Å². The van der Waals surface area contributed by atoms with Crippen molar-refractivity contribution in [2.45, 2.75) is 26.2 Å². The Morgan fingerprint density at radius 3 is 1.25 bits per heavy atom. The third kappa shape index (κ3) is 46.4. The number of rotatable bonds is 2. The van der Waals surface area contributed by atoms with Gasteiger partial charge in [-0.3, -0.25) is 0 Å². The van der Waals surface area contributed by atoms with Gasteiger partial charge in [0.25, 0.3) is 0 Å². The van der Waals surface area contributed by atoms with E-state index in [2.05, 4.69) is 52.5 Å². The molecule has 12 heavy (non-hydrogen) atoms. The minimum Gasteiger partial charge on any atom is -0.461 e. The fourth-order valence-corrected chi connectivity index (χ4v) is 3.90. The van der Waals surface area contributed by atoms with Crippen LogP contribution in [0, 0.1) is 0 Å². The van der Waals surface area contributed by atoms with Crippen LogP contribution in [0.5, 0.6) is 0 Å². The van der Waals surface area contributed by atoms with Crippen molar-refractivity contribution in [3.63, 3.8) is 0 Å². The topological polar surface area (TPSA) is 9.23 Å². The first-order valence-electron chi connectivity index (χ1n) is 3.70. The molecule has 0 aromatic carbocycles. The minimum absolute atomic E-state index is 0. The van der Waals surface area contributed by atoms with Gasteiger partial charge in [0.05, 0.1) is 0 Å². The van der Waals surface area contributed by atoms with Crippen molar-refractivity contribution < 1.29 is 25.2 Å². The van der Waals surface area contributed by atoms with Crippen LogP contribution in [0.4, 0.5) is 0 Å². The van der Waals surface area contributed by atoms with Crippen LogP contribution in [0.15, 0.2) is 26.3 Å². The summed E-state index contributed by atoms with van der Waals surface area (Å²) in [6.07, 6.45) is 0. The molecule has 0 aliphatic carbocycles. The Morgan fingerprint density at radius 2 is 1.25 bits per heavy atom. The first kappa shape index (κ1) is 22.9.